The van der Waals surface area contributed by atoms with Crippen molar-refractivity contribution in [1.29, 1.82) is 0 Å². The fraction of sp³-hybridized carbons (Fsp3) is 0.562. The number of nitrogens with one attached hydrogen (secondary N) is 1. The Labute approximate surface area is 126 Å². The van der Waals surface area contributed by atoms with E-state index in [1.165, 1.54) is 0 Å². The highest BCUT2D eigenvalue weighted by Gasteiger charge is 2.16. The molecule has 0 aliphatic carbocycles. The molecule has 118 valence electrons. The largest absolute Gasteiger partial charge is 0.508 e. The van der Waals surface area contributed by atoms with Crippen molar-refractivity contribution < 1.29 is 15.0 Å². The monoisotopic (exact) mass is 294 g/mol. The maximum absolute atomic E-state index is 12.0. The predicted octanol–water partition coefficient (Wildman–Crippen LogP) is 1.18. The summed E-state index contributed by atoms with van der Waals surface area (Å²) in [7, 11) is 0. The summed E-state index contributed by atoms with van der Waals surface area (Å²) in [5.41, 5.74) is 6.81. The SMILES string of the molecule is CCCC(CCO)CNC(=O)[C@@H](N)Cc1ccc(O)cc1. The van der Waals surface area contributed by atoms with Gasteiger partial charge in [0.1, 0.15) is 5.75 Å². The summed E-state index contributed by atoms with van der Waals surface area (Å²) in [4.78, 5) is 12.0. The highest BCUT2D eigenvalue weighted by Crippen LogP contribution is 2.12. The van der Waals surface area contributed by atoms with Crippen molar-refractivity contribution in [3.8, 4) is 5.75 Å². The van der Waals surface area contributed by atoms with E-state index in [2.05, 4.69) is 12.2 Å². The number of amides is 1. The van der Waals surface area contributed by atoms with E-state index in [4.69, 9.17) is 10.8 Å². The first-order chi connectivity index (χ1) is 10.1. The molecule has 1 rings (SSSR count). The lowest BCUT2D eigenvalue weighted by Crippen LogP contribution is -2.43. The van der Waals surface area contributed by atoms with Gasteiger partial charge in [-0.25, -0.2) is 0 Å². The van der Waals surface area contributed by atoms with Crippen LogP contribution in [0.3, 0.4) is 0 Å². The maximum Gasteiger partial charge on any atom is 0.237 e. The number of carbonyl (C=O) groups is 1. The Morgan fingerprint density at radius 1 is 1.29 bits per heavy atom. The average molecular weight is 294 g/mol. The zero-order valence-corrected chi connectivity index (χ0v) is 12.6. The van der Waals surface area contributed by atoms with Crippen molar-refractivity contribution in [1.82, 2.24) is 5.32 Å². The molecule has 5 N–H and O–H groups in total. The number of aliphatic hydroxyl groups excluding tert-OH is 1. The second-order valence-corrected chi connectivity index (χ2v) is 5.39. The van der Waals surface area contributed by atoms with Gasteiger partial charge in [0.2, 0.25) is 5.91 Å². The van der Waals surface area contributed by atoms with Gasteiger partial charge in [-0.2, -0.15) is 0 Å². The van der Waals surface area contributed by atoms with Crippen LogP contribution in [0.1, 0.15) is 31.7 Å². The first-order valence-electron chi connectivity index (χ1n) is 7.48. The van der Waals surface area contributed by atoms with Crippen molar-refractivity contribution in [3.63, 3.8) is 0 Å². The van der Waals surface area contributed by atoms with Crippen LogP contribution in [-0.2, 0) is 11.2 Å². The Balaban J connectivity index is 2.41. The zero-order chi connectivity index (χ0) is 15.7. The third kappa shape index (κ3) is 6.60. The van der Waals surface area contributed by atoms with Gasteiger partial charge in [0.15, 0.2) is 0 Å². The van der Waals surface area contributed by atoms with Crippen molar-refractivity contribution in [2.75, 3.05) is 13.2 Å². The Morgan fingerprint density at radius 2 is 1.95 bits per heavy atom. The molecule has 1 aromatic carbocycles. The van der Waals surface area contributed by atoms with Gasteiger partial charge in [0, 0.05) is 13.2 Å². The van der Waals surface area contributed by atoms with E-state index in [-0.39, 0.29) is 18.3 Å². The molecule has 1 aromatic rings. The number of hydrogen-bond donors (Lipinski definition) is 4. The van der Waals surface area contributed by atoms with Crippen molar-refractivity contribution >= 4 is 5.91 Å². The van der Waals surface area contributed by atoms with Crippen molar-refractivity contribution in [3.05, 3.63) is 29.8 Å². The number of phenols is 1. The molecule has 1 amide bonds. The molecule has 0 saturated carbocycles. The van der Waals surface area contributed by atoms with Crippen LogP contribution in [0.5, 0.6) is 5.75 Å². The molecular formula is C16H26N2O3. The molecule has 5 heteroatoms. The third-order valence-corrected chi connectivity index (χ3v) is 3.53. The Hall–Kier alpha value is -1.59. The molecule has 0 spiro atoms. The number of benzene rings is 1. The van der Waals surface area contributed by atoms with E-state index in [0.29, 0.717) is 25.3 Å². The quantitative estimate of drug-likeness (QED) is 0.550. The molecule has 0 bridgehead atoms. The fourth-order valence-electron chi connectivity index (χ4n) is 2.29. The molecule has 5 nitrogen and oxygen atoms in total. The number of hydrogen-bond acceptors (Lipinski definition) is 4. The third-order valence-electron chi connectivity index (χ3n) is 3.53. The summed E-state index contributed by atoms with van der Waals surface area (Å²) in [5.74, 6) is 0.315. The van der Waals surface area contributed by atoms with Crippen LogP contribution in [0, 0.1) is 5.92 Å². The minimum absolute atomic E-state index is 0.139. The Bertz CT molecular complexity index is 414. The van der Waals surface area contributed by atoms with Gasteiger partial charge in [-0.05, 0) is 42.9 Å². The van der Waals surface area contributed by atoms with Crippen LogP contribution < -0.4 is 11.1 Å². The topological polar surface area (TPSA) is 95.6 Å². The van der Waals surface area contributed by atoms with Crippen LogP contribution in [0.15, 0.2) is 24.3 Å². The molecule has 2 atom stereocenters. The molecule has 0 radical (unpaired) electrons. The summed E-state index contributed by atoms with van der Waals surface area (Å²) in [6, 6.07) is 6.07. The molecule has 21 heavy (non-hydrogen) atoms. The Kier molecular flexibility index (Phi) is 7.79. The number of rotatable bonds is 9. The summed E-state index contributed by atoms with van der Waals surface area (Å²) in [6.07, 6.45) is 3.14. The van der Waals surface area contributed by atoms with E-state index < -0.39 is 6.04 Å². The highest BCUT2D eigenvalue weighted by atomic mass is 16.3. The van der Waals surface area contributed by atoms with Crippen molar-refractivity contribution in [2.45, 2.75) is 38.6 Å². The standard InChI is InChI=1S/C16H26N2O3/c1-2-3-13(8-9-19)11-18-16(21)15(17)10-12-4-6-14(20)7-5-12/h4-7,13,15,19-20H,2-3,8-11,17H2,1H3,(H,18,21)/t13?,15-/m0/s1. The fourth-order valence-corrected chi connectivity index (χ4v) is 2.29. The lowest BCUT2D eigenvalue weighted by molar-refractivity contribution is -0.122. The molecule has 0 aromatic heterocycles. The van der Waals surface area contributed by atoms with Gasteiger partial charge in [0.05, 0.1) is 6.04 Å². The normalized spacial score (nSPS) is 13.7. The summed E-state index contributed by atoms with van der Waals surface area (Å²) in [6.45, 7) is 2.78. The molecule has 0 heterocycles. The number of aliphatic hydroxyl groups is 1. The molecule has 0 aliphatic heterocycles. The van der Waals surface area contributed by atoms with E-state index in [0.717, 1.165) is 18.4 Å². The zero-order valence-electron chi connectivity index (χ0n) is 12.6. The second-order valence-electron chi connectivity index (χ2n) is 5.39. The average Bonchev–Trinajstić information content (AvgIpc) is 2.47. The summed E-state index contributed by atoms with van der Waals surface area (Å²) in [5, 5.41) is 21.1. The lowest BCUT2D eigenvalue weighted by Gasteiger charge is -2.18. The number of nitrogens with two attached hydrogens (primary N) is 1. The van der Waals surface area contributed by atoms with Crippen LogP contribution in [0.25, 0.3) is 0 Å². The van der Waals surface area contributed by atoms with Crippen LogP contribution in [0.4, 0.5) is 0 Å². The number of phenolic OH excluding ortho intramolecular Hbond substituents is 1. The van der Waals surface area contributed by atoms with Gasteiger partial charge in [0.25, 0.3) is 0 Å². The summed E-state index contributed by atoms with van der Waals surface area (Å²) >= 11 is 0. The number of carbonyl (C=O) groups excluding carboxylic acids is 1. The highest BCUT2D eigenvalue weighted by molar-refractivity contribution is 5.81. The predicted molar refractivity (Wildman–Crippen MR) is 82.9 cm³/mol. The summed E-state index contributed by atoms with van der Waals surface area (Å²) < 4.78 is 0. The van der Waals surface area contributed by atoms with Gasteiger partial charge < -0.3 is 21.3 Å². The minimum atomic E-state index is -0.606. The molecule has 0 saturated heterocycles. The molecular weight excluding hydrogens is 268 g/mol. The Morgan fingerprint density at radius 3 is 2.52 bits per heavy atom. The molecule has 0 aliphatic rings. The van der Waals surface area contributed by atoms with Crippen LogP contribution in [-0.4, -0.2) is 35.3 Å². The van der Waals surface area contributed by atoms with E-state index in [1.54, 1.807) is 24.3 Å². The minimum Gasteiger partial charge on any atom is -0.508 e. The molecule has 1 unspecified atom stereocenters. The maximum atomic E-state index is 12.0. The second kappa shape index (κ2) is 9.37. The number of aromatic hydroxyl groups is 1. The van der Waals surface area contributed by atoms with E-state index in [1.807, 2.05) is 0 Å². The smallest absolute Gasteiger partial charge is 0.237 e. The first-order valence-corrected chi connectivity index (χ1v) is 7.48. The van der Waals surface area contributed by atoms with Gasteiger partial charge in [-0.15, -0.1) is 0 Å². The van der Waals surface area contributed by atoms with Crippen molar-refractivity contribution in [2.24, 2.45) is 11.7 Å². The van der Waals surface area contributed by atoms with Crippen LogP contribution >= 0.6 is 0 Å². The first kappa shape index (κ1) is 17.5. The van der Waals surface area contributed by atoms with Gasteiger partial charge in [-0.3, -0.25) is 4.79 Å². The van der Waals surface area contributed by atoms with E-state index >= 15 is 0 Å². The van der Waals surface area contributed by atoms with Gasteiger partial charge in [-0.1, -0.05) is 25.5 Å². The van der Waals surface area contributed by atoms with Crippen LogP contribution in [0.2, 0.25) is 0 Å². The lowest BCUT2D eigenvalue weighted by atomic mass is 10.00. The molecule has 0 fully saturated rings. The van der Waals surface area contributed by atoms with Gasteiger partial charge >= 0.3 is 0 Å². The van der Waals surface area contributed by atoms with E-state index in [9.17, 15) is 9.90 Å².